The van der Waals surface area contributed by atoms with Gasteiger partial charge in [-0.2, -0.15) is 0 Å². The fraction of sp³-hybridized carbons (Fsp3) is 0.467. The van der Waals surface area contributed by atoms with E-state index < -0.39 is 11.6 Å². The molecule has 0 saturated heterocycles. The van der Waals surface area contributed by atoms with Gasteiger partial charge >= 0.3 is 5.97 Å². The highest BCUT2D eigenvalue weighted by molar-refractivity contribution is 6.05. The molecular formula is C30H42N4O6. The van der Waals surface area contributed by atoms with Crippen molar-refractivity contribution in [2.24, 2.45) is 16.1 Å². The molecule has 40 heavy (non-hydrogen) atoms. The number of aliphatic imine (C=N–C) groups is 1. The molecule has 2 aromatic carbocycles. The molecule has 0 aliphatic heterocycles. The standard InChI is InChI=1S/C30H42N4O6/c1-29(2,3)19-26(36)34-28(33-25(35)15-10-20-8-12-22(38-7)13-9-20)32-21-11-14-24(39-17-16-31)23(18-21)27(37)40-30(4,5)6/h8-9,11-14,18H,10,15-17,19,31H2,1-7H3,(H2,32,33,34,35,36). The van der Waals surface area contributed by atoms with Gasteiger partial charge in [0.1, 0.15) is 29.3 Å². The van der Waals surface area contributed by atoms with Gasteiger partial charge in [0.2, 0.25) is 17.8 Å². The number of carbonyl (C=O) groups excluding carboxylic acids is 3. The number of nitrogens with zero attached hydrogens (tertiary/aromatic N) is 1. The molecule has 4 N–H and O–H groups in total. The largest absolute Gasteiger partial charge is 0.497 e. The number of nitrogens with two attached hydrogens (primary N) is 1. The summed E-state index contributed by atoms with van der Waals surface area (Å²) in [4.78, 5) is 42.9. The van der Waals surface area contributed by atoms with Crippen LogP contribution in [0.2, 0.25) is 0 Å². The van der Waals surface area contributed by atoms with Gasteiger partial charge in [0.05, 0.1) is 12.8 Å². The van der Waals surface area contributed by atoms with Gasteiger partial charge in [0, 0.05) is 19.4 Å². The molecule has 0 spiro atoms. The molecule has 10 nitrogen and oxygen atoms in total. The fourth-order valence-corrected chi connectivity index (χ4v) is 3.49. The lowest BCUT2D eigenvalue weighted by Gasteiger charge is -2.21. The van der Waals surface area contributed by atoms with E-state index in [0.717, 1.165) is 11.3 Å². The molecule has 0 fully saturated rings. The summed E-state index contributed by atoms with van der Waals surface area (Å²) in [6.45, 7) is 11.6. The fourth-order valence-electron chi connectivity index (χ4n) is 3.49. The second-order valence-electron chi connectivity index (χ2n) is 11.5. The Bertz CT molecular complexity index is 1190. The predicted molar refractivity (Wildman–Crippen MR) is 155 cm³/mol. The average molecular weight is 555 g/mol. The van der Waals surface area contributed by atoms with E-state index in [1.807, 2.05) is 45.0 Å². The van der Waals surface area contributed by atoms with Crippen molar-refractivity contribution in [1.82, 2.24) is 10.6 Å². The second-order valence-corrected chi connectivity index (χ2v) is 11.5. The van der Waals surface area contributed by atoms with Gasteiger partial charge in [-0.3, -0.25) is 20.2 Å². The summed E-state index contributed by atoms with van der Waals surface area (Å²) in [5.41, 5.74) is 5.97. The van der Waals surface area contributed by atoms with Crippen molar-refractivity contribution >= 4 is 29.4 Å². The number of guanidine groups is 1. The summed E-state index contributed by atoms with van der Waals surface area (Å²) in [5, 5.41) is 5.40. The SMILES string of the molecule is COc1ccc(CCC(=O)NC(=Nc2ccc(OCCN)c(C(=O)OC(C)(C)C)c2)NC(=O)CC(C)(C)C)cc1. The zero-order valence-electron chi connectivity index (χ0n) is 24.6. The van der Waals surface area contributed by atoms with Crippen LogP contribution in [0.5, 0.6) is 11.5 Å². The Kier molecular flexibility index (Phi) is 11.7. The molecule has 0 aliphatic carbocycles. The predicted octanol–water partition coefficient (Wildman–Crippen LogP) is 4.28. The van der Waals surface area contributed by atoms with Gasteiger partial charge in [0.15, 0.2) is 0 Å². The maximum atomic E-state index is 12.9. The minimum Gasteiger partial charge on any atom is -0.497 e. The van der Waals surface area contributed by atoms with E-state index in [1.54, 1.807) is 40.0 Å². The summed E-state index contributed by atoms with van der Waals surface area (Å²) >= 11 is 0. The lowest BCUT2D eigenvalue weighted by Crippen LogP contribution is -2.44. The maximum absolute atomic E-state index is 12.9. The van der Waals surface area contributed by atoms with Crippen LogP contribution in [0.25, 0.3) is 0 Å². The first-order valence-corrected chi connectivity index (χ1v) is 13.2. The minimum atomic E-state index is -0.731. The Morgan fingerprint density at radius 2 is 1.57 bits per heavy atom. The van der Waals surface area contributed by atoms with Gasteiger partial charge in [-0.25, -0.2) is 9.79 Å². The van der Waals surface area contributed by atoms with Crippen LogP contribution < -0.4 is 25.8 Å². The highest BCUT2D eigenvalue weighted by Crippen LogP contribution is 2.27. The van der Waals surface area contributed by atoms with E-state index in [9.17, 15) is 14.4 Å². The maximum Gasteiger partial charge on any atom is 0.342 e. The number of esters is 1. The van der Waals surface area contributed by atoms with Crippen molar-refractivity contribution in [2.45, 2.75) is 66.4 Å². The van der Waals surface area contributed by atoms with Crippen molar-refractivity contribution in [3.8, 4) is 11.5 Å². The Morgan fingerprint density at radius 1 is 0.925 bits per heavy atom. The third-order valence-electron chi connectivity index (χ3n) is 5.20. The minimum absolute atomic E-state index is 0.0419. The molecule has 2 amide bonds. The molecule has 10 heteroatoms. The lowest BCUT2D eigenvalue weighted by atomic mass is 9.92. The number of carbonyl (C=O) groups is 3. The quantitative estimate of drug-likeness (QED) is 0.226. The van der Waals surface area contributed by atoms with E-state index in [-0.39, 0.29) is 54.7 Å². The van der Waals surface area contributed by atoms with Crippen LogP contribution in [0.15, 0.2) is 47.5 Å². The number of aryl methyl sites for hydroxylation is 1. The zero-order chi connectivity index (χ0) is 29.9. The van der Waals surface area contributed by atoms with Crippen molar-refractivity contribution in [1.29, 1.82) is 0 Å². The van der Waals surface area contributed by atoms with Gasteiger partial charge in [-0.05, 0) is 68.5 Å². The number of ether oxygens (including phenoxy) is 3. The molecule has 0 bridgehead atoms. The normalized spacial score (nSPS) is 11.9. The molecular weight excluding hydrogens is 512 g/mol. The Morgan fingerprint density at radius 3 is 2.15 bits per heavy atom. The Labute approximate surface area is 236 Å². The van der Waals surface area contributed by atoms with Crippen LogP contribution in [0, 0.1) is 5.41 Å². The summed E-state index contributed by atoms with van der Waals surface area (Å²) in [5.74, 6) is -0.258. The van der Waals surface area contributed by atoms with Crippen LogP contribution in [-0.4, -0.2) is 49.6 Å². The summed E-state index contributed by atoms with van der Waals surface area (Å²) in [7, 11) is 1.59. The molecule has 0 aliphatic rings. The first-order valence-electron chi connectivity index (χ1n) is 13.2. The summed E-state index contributed by atoms with van der Waals surface area (Å²) in [6, 6.07) is 12.1. The molecule has 218 valence electrons. The molecule has 2 aromatic rings. The van der Waals surface area contributed by atoms with E-state index in [4.69, 9.17) is 19.9 Å². The van der Waals surface area contributed by atoms with Crippen LogP contribution in [0.3, 0.4) is 0 Å². The van der Waals surface area contributed by atoms with Gasteiger partial charge in [-0.15, -0.1) is 0 Å². The van der Waals surface area contributed by atoms with Gasteiger partial charge in [-0.1, -0.05) is 32.9 Å². The Hall–Kier alpha value is -3.92. The van der Waals surface area contributed by atoms with Crippen molar-refractivity contribution in [3.63, 3.8) is 0 Å². The van der Waals surface area contributed by atoms with Crippen molar-refractivity contribution in [3.05, 3.63) is 53.6 Å². The van der Waals surface area contributed by atoms with E-state index >= 15 is 0 Å². The van der Waals surface area contributed by atoms with Crippen LogP contribution >= 0.6 is 0 Å². The van der Waals surface area contributed by atoms with Crippen LogP contribution in [0.1, 0.15) is 70.3 Å². The van der Waals surface area contributed by atoms with Crippen molar-refractivity contribution < 1.29 is 28.6 Å². The molecule has 2 rings (SSSR count). The number of benzene rings is 2. The van der Waals surface area contributed by atoms with Gasteiger partial charge in [0.25, 0.3) is 0 Å². The van der Waals surface area contributed by atoms with Crippen LogP contribution in [-0.2, 0) is 20.7 Å². The second kappa shape index (κ2) is 14.5. The number of hydrogen-bond donors (Lipinski definition) is 3. The number of amides is 2. The molecule has 0 radical (unpaired) electrons. The highest BCUT2D eigenvalue weighted by Gasteiger charge is 2.23. The average Bonchev–Trinajstić information content (AvgIpc) is 2.84. The first kappa shape index (κ1) is 32.3. The Balaban J connectivity index is 2.33. The van der Waals surface area contributed by atoms with E-state index in [0.29, 0.717) is 17.9 Å². The van der Waals surface area contributed by atoms with Crippen LogP contribution in [0.4, 0.5) is 5.69 Å². The van der Waals surface area contributed by atoms with Crippen molar-refractivity contribution in [2.75, 3.05) is 20.3 Å². The smallest absolute Gasteiger partial charge is 0.342 e. The zero-order valence-corrected chi connectivity index (χ0v) is 24.6. The summed E-state index contributed by atoms with van der Waals surface area (Å²) in [6.07, 6.45) is 0.854. The third kappa shape index (κ3) is 11.9. The number of methoxy groups -OCH3 is 1. The first-order chi connectivity index (χ1) is 18.7. The van der Waals surface area contributed by atoms with E-state index in [1.165, 1.54) is 6.07 Å². The topological polar surface area (TPSA) is 141 Å². The molecule has 0 unspecified atom stereocenters. The lowest BCUT2D eigenvalue weighted by molar-refractivity contribution is -0.121. The summed E-state index contributed by atoms with van der Waals surface area (Å²) < 4.78 is 16.3. The molecule has 0 heterocycles. The number of rotatable bonds is 10. The van der Waals surface area contributed by atoms with Gasteiger partial charge < -0.3 is 19.9 Å². The number of hydrogen-bond acceptors (Lipinski definition) is 8. The molecule has 0 aromatic heterocycles. The monoisotopic (exact) mass is 554 g/mol. The third-order valence-corrected chi connectivity index (χ3v) is 5.20. The number of nitrogens with one attached hydrogen (secondary N) is 2. The molecule has 0 atom stereocenters. The highest BCUT2D eigenvalue weighted by atomic mass is 16.6. The van der Waals surface area contributed by atoms with E-state index in [2.05, 4.69) is 15.6 Å². The molecule has 0 saturated carbocycles.